The number of thioether (sulfide) groups is 1. The summed E-state index contributed by atoms with van der Waals surface area (Å²) in [6.07, 6.45) is 0.900. The molecule has 0 bridgehead atoms. The molecule has 0 aliphatic heterocycles. The number of amides is 2. The number of rotatable bonds is 23. The molecule has 2 heterocycles. The summed E-state index contributed by atoms with van der Waals surface area (Å²) in [5.41, 5.74) is 19.5. The fourth-order valence-corrected chi connectivity index (χ4v) is 7.14. The van der Waals surface area contributed by atoms with E-state index in [0.29, 0.717) is 27.9 Å². The van der Waals surface area contributed by atoms with Crippen molar-refractivity contribution in [3.05, 3.63) is 76.6 Å². The number of anilines is 1. The van der Waals surface area contributed by atoms with Crippen molar-refractivity contribution < 1.29 is 37.8 Å². The van der Waals surface area contributed by atoms with Crippen molar-refractivity contribution in [1.29, 1.82) is 10.5 Å². The van der Waals surface area contributed by atoms with Gasteiger partial charge in [-0.25, -0.2) is 19.6 Å². The fraction of sp³-hybridized carbons (Fsp3) is 0.409. The van der Waals surface area contributed by atoms with Crippen molar-refractivity contribution >= 4 is 52.9 Å². The molecule has 3 atom stereocenters. The zero-order valence-electron chi connectivity index (χ0n) is 35.5. The maximum absolute atomic E-state index is 13.5. The highest BCUT2D eigenvalue weighted by molar-refractivity contribution is 7.98. The number of aromatic nitrogens is 2. The van der Waals surface area contributed by atoms with E-state index in [-0.39, 0.29) is 90.5 Å². The first-order valence-electron chi connectivity index (χ1n) is 20.2. The van der Waals surface area contributed by atoms with Gasteiger partial charge < -0.3 is 46.5 Å². The van der Waals surface area contributed by atoms with Gasteiger partial charge in [-0.1, -0.05) is 63.2 Å². The number of ether oxygens (including phenoxy) is 3. The van der Waals surface area contributed by atoms with Gasteiger partial charge in [0.25, 0.3) is 0 Å². The largest absolute Gasteiger partial charge is 0.490 e. The Morgan fingerprint density at radius 3 is 1.94 bits per heavy atom. The first kappa shape index (κ1) is 49.5. The van der Waals surface area contributed by atoms with Gasteiger partial charge in [0.05, 0.1) is 11.3 Å². The number of esters is 2. The first-order valence-corrected chi connectivity index (χ1v) is 21.6. The van der Waals surface area contributed by atoms with Crippen molar-refractivity contribution in [2.45, 2.75) is 82.3 Å². The molecule has 4 aromatic rings. The normalized spacial score (nSPS) is 12.4. The molecule has 17 nitrogen and oxygen atoms in total. The maximum Gasteiger partial charge on any atom is 0.329 e. The second-order valence-electron chi connectivity index (χ2n) is 15.2. The standard InChI is InChI=1S/C44H52ClN9O8S/c1-25(2)17-35(52-37(55)13-15-46)43(57)61-23-32(62-44(58)36(18-26(3)4)53-38(56)14-16-47)22-59-31-11-7-27(8-12-31)39-33(19-48)40(50)54-42(34(39)20-49)63-24-30-21-60-41(51-30)28-5-9-29(45)10-6-28/h5-12,21,25-26,32,35-36H,13-18,22-24,46-47H2,1-4H3,(H2,50,54)(H,52,55)(H,53,56)/t32-,35-,36?/m0/s1. The molecule has 1 unspecified atom stereocenters. The van der Waals surface area contributed by atoms with Crippen molar-refractivity contribution in [1.82, 2.24) is 20.6 Å². The topological polar surface area (TPSA) is 285 Å². The monoisotopic (exact) mass is 901 g/mol. The van der Waals surface area contributed by atoms with Crippen molar-refractivity contribution in [3.63, 3.8) is 0 Å². The van der Waals surface area contributed by atoms with Crippen molar-refractivity contribution in [2.75, 3.05) is 32.0 Å². The maximum atomic E-state index is 13.5. The molecule has 0 aliphatic carbocycles. The minimum Gasteiger partial charge on any atom is -0.490 e. The van der Waals surface area contributed by atoms with Crippen LogP contribution in [-0.2, 0) is 34.4 Å². The molecule has 8 N–H and O–H groups in total. The predicted molar refractivity (Wildman–Crippen MR) is 236 cm³/mol. The number of oxazole rings is 1. The van der Waals surface area contributed by atoms with Gasteiger partial charge in [0.15, 0.2) is 6.10 Å². The fourth-order valence-electron chi connectivity index (χ4n) is 6.14. The molecule has 19 heteroatoms. The number of pyridine rings is 1. The Bertz CT molecular complexity index is 2270. The molecule has 0 saturated carbocycles. The van der Waals surface area contributed by atoms with Crippen LogP contribution >= 0.6 is 23.4 Å². The summed E-state index contributed by atoms with van der Waals surface area (Å²) in [5, 5.41) is 26.6. The molecule has 63 heavy (non-hydrogen) atoms. The third kappa shape index (κ3) is 15.0. The lowest BCUT2D eigenvalue weighted by Crippen LogP contribution is -2.46. The summed E-state index contributed by atoms with van der Waals surface area (Å²) >= 11 is 7.21. The van der Waals surface area contributed by atoms with E-state index in [2.05, 4.69) is 32.7 Å². The number of benzene rings is 2. The van der Waals surface area contributed by atoms with Gasteiger partial charge in [-0.2, -0.15) is 10.5 Å². The molecule has 4 rings (SSSR count). The highest BCUT2D eigenvalue weighted by atomic mass is 35.5. The Morgan fingerprint density at radius 1 is 0.810 bits per heavy atom. The number of halogens is 1. The summed E-state index contributed by atoms with van der Waals surface area (Å²) < 4.78 is 23.1. The van der Waals surface area contributed by atoms with Gasteiger partial charge in [-0.15, -0.1) is 0 Å². The molecular weight excluding hydrogens is 850 g/mol. The number of nitriles is 2. The van der Waals surface area contributed by atoms with E-state index < -0.39 is 48.5 Å². The number of nitrogens with zero attached hydrogens (tertiary/aromatic N) is 4. The van der Waals surface area contributed by atoms with Gasteiger partial charge >= 0.3 is 11.9 Å². The average Bonchev–Trinajstić information content (AvgIpc) is 3.72. The third-order valence-corrected chi connectivity index (χ3v) is 10.3. The summed E-state index contributed by atoms with van der Waals surface area (Å²) in [5.74, 6) is -1.44. The van der Waals surface area contributed by atoms with E-state index in [4.69, 9.17) is 47.4 Å². The molecular formula is C44H52ClN9O8S. The van der Waals surface area contributed by atoms with Crippen LogP contribution in [0, 0.1) is 34.5 Å². The number of nitrogens with two attached hydrogens (primary N) is 3. The highest BCUT2D eigenvalue weighted by Crippen LogP contribution is 2.37. The van der Waals surface area contributed by atoms with Gasteiger partial charge in [-0.05, 0) is 66.6 Å². The van der Waals surface area contributed by atoms with Gasteiger partial charge in [0.2, 0.25) is 17.7 Å². The number of hydrogen-bond donors (Lipinski definition) is 5. The lowest BCUT2D eigenvalue weighted by Gasteiger charge is -2.25. The van der Waals surface area contributed by atoms with Crippen LogP contribution in [0.1, 0.15) is 70.2 Å². The summed E-state index contributed by atoms with van der Waals surface area (Å²) in [6, 6.07) is 15.7. The second-order valence-corrected chi connectivity index (χ2v) is 16.6. The molecule has 0 fully saturated rings. The zero-order chi connectivity index (χ0) is 46.1. The van der Waals surface area contributed by atoms with Crippen LogP contribution < -0.4 is 32.6 Å². The molecule has 0 saturated heterocycles. The van der Waals surface area contributed by atoms with E-state index in [1.165, 1.54) is 18.0 Å². The zero-order valence-corrected chi connectivity index (χ0v) is 37.1. The predicted octanol–water partition coefficient (Wildman–Crippen LogP) is 5.27. The van der Waals surface area contributed by atoms with E-state index in [9.17, 15) is 29.7 Å². The minimum atomic E-state index is -1.16. The van der Waals surface area contributed by atoms with Crippen LogP contribution in [0.15, 0.2) is 64.2 Å². The van der Waals surface area contributed by atoms with E-state index in [0.717, 1.165) is 5.56 Å². The van der Waals surface area contributed by atoms with Crippen LogP contribution in [-0.4, -0.2) is 78.2 Å². The second kappa shape index (κ2) is 24.5. The van der Waals surface area contributed by atoms with Gasteiger partial charge in [-0.3, -0.25) is 9.59 Å². The molecule has 0 spiro atoms. The minimum absolute atomic E-state index is 0.00245. The van der Waals surface area contributed by atoms with Gasteiger partial charge in [0, 0.05) is 47.8 Å². The van der Waals surface area contributed by atoms with Crippen molar-refractivity contribution in [2.24, 2.45) is 23.3 Å². The van der Waals surface area contributed by atoms with Gasteiger partial charge in [0.1, 0.15) is 65.9 Å². The van der Waals surface area contributed by atoms with E-state index in [1.807, 2.05) is 27.7 Å². The quantitative estimate of drug-likeness (QED) is 0.0468. The summed E-state index contributed by atoms with van der Waals surface area (Å²) in [6.45, 7) is 6.97. The van der Waals surface area contributed by atoms with Crippen LogP contribution in [0.4, 0.5) is 5.82 Å². The summed E-state index contributed by atoms with van der Waals surface area (Å²) in [4.78, 5) is 60.5. The average molecular weight is 902 g/mol. The van der Waals surface area contributed by atoms with Crippen molar-refractivity contribution in [3.8, 4) is 40.5 Å². The Labute approximate surface area is 375 Å². The third-order valence-electron chi connectivity index (χ3n) is 9.08. The Hall–Kier alpha value is -6.18. The smallest absolute Gasteiger partial charge is 0.329 e. The number of nitrogens with one attached hydrogen (secondary N) is 2. The summed E-state index contributed by atoms with van der Waals surface area (Å²) in [7, 11) is 0. The van der Waals surface area contributed by atoms with Crippen LogP contribution in [0.25, 0.3) is 22.6 Å². The van der Waals surface area contributed by atoms with Crippen LogP contribution in [0.5, 0.6) is 5.75 Å². The number of nitrogen functional groups attached to an aromatic ring is 1. The van der Waals surface area contributed by atoms with Crippen LogP contribution in [0.2, 0.25) is 5.02 Å². The SMILES string of the molecule is CC(C)CC(NC(=O)CCN)C(=O)O[C@H](COC(=O)[C@H](CC(C)C)NC(=O)CCN)COc1ccc(-c2c(C#N)c(N)nc(SCc3coc(-c4ccc(Cl)cc4)n3)c2C#N)cc1. The Balaban J connectivity index is 1.55. The molecule has 334 valence electrons. The molecule has 0 radical (unpaired) electrons. The molecule has 2 amide bonds. The first-order chi connectivity index (χ1) is 30.1. The van der Waals surface area contributed by atoms with E-state index >= 15 is 0 Å². The Morgan fingerprint density at radius 2 is 1.38 bits per heavy atom. The highest BCUT2D eigenvalue weighted by Gasteiger charge is 2.30. The molecule has 2 aromatic carbocycles. The van der Waals surface area contributed by atoms with Crippen LogP contribution in [0.3, 0.4) is 0 Å². The lowest BCUT2D eigenvalue weighted by atomic mass is 9.97. The molecule has 0 aliphatic rings. The lowest BCUT2D eigenvalue weighted by molar-refractivity contribution is -0.164. The number of carbonyl (C=O) groups excluding carboxylic acids is 4. The Kier molecular flexibility index (Phi) is 19.2. The molecule has 2 aromatic heterocycles. The van der Waals surface area contributed by atoms with E-state index in [1.54, 1.807) is 48.5 Å². The number of hydrogen-bond acceptors (Lipinski definition) is 16. The number of carbonyl (C=O) groups is 4.